The van der Waals surface area contributed by atoms with Crippen molar-refractivity contribution < 1.29 is 121 Å². The first-order valence-electron chi connectivity index (χ1n) is 5.37. The maximum absolute atomic E-state index is 13.0. The summed E-state index contributed by atoms with van der Waals surface area (Å²) in [5.74, 6) is -30.0. The molecule has 0 spiro atoms. The second kappa shape index (κ2) is 7.81. The topological polar surface area (TPSA) is 57.2 Å². The van der Waals surface area contributed by atoms with Gasteiger partial charge in [0.1, 0.15) is 0 Å². The monoisotopic (exact) mass is 466 g/mol. The summed E-state index contributed by atoms with van der Waals surface area (Å²) in [5.41, 5.74) is 0. The predicted octanol–water partition coefficient (Wildman–Crippen LogP) is 1.01. The van der Waals surface area contributed by atoms with Crippen LogP contribution in [-0.2, 0) is 10.1 Å². The Hall–Kier alpha value is 0.636. The molecule has 0 aliphatic heterocycles. The number of rotatable bonds is 7. The molecular formula is C8H4F13KO3S. The van der Waals surface area contributed by atoms with E-state index in [-0.39, 0.29) is 51.4 Å². The molecular weight excluding hydrogens is 462 g/mol. The van der Waals surface area contributed by atoms with Crippen LogP contribution in [0.3, 0.4) is 0 Å². The van der Waals surface area contributed by atoms with E-state index >= 15 is 0 Å². The maximum atomic E-state index is 13.0. The number of halogens is 13. The van der Waals surface area contributed by atoms with Crippen molar-refractivity contribution in [2.24, 2.45) is 0 Å². The van der Waals surface area contributed by atoms with Crippen molar-refractivity contribution in [2.75, 3.05) is 0 Å². The van der Waals surface area contributed by atoms with Crippen molar-refractivity contribution >= 4 is 10.1 Å². The average molecular weight is 466 g/mol. The van der Waals surface area contributed by atoms with Gasteiger partial charge in [-0.05, 0) is 0 Å². The van der Waals surface area contributed by atoms with Crippen LogP contribution in [0, 0.1) is 0 Å². The third-order valence-electron chi connectivity index (χ3n) is 2.65. The number of hydrogen-bond acceptors (Lipinski definition) is 3. The molecule has 0 amide bonds. The van der Waals surface area contributed by atoms with E-state index < -0.39 is 58.1 Å². The largest absolute Gasteiger partial charge is 1.00 e. The first-order valence-corrected chi connectivity index (χ1v) is 6.78. The van der Waals surface area contributed by atoms with Crippen LogP contribution in [-0.4, -0.2) is 48.1 Å². The average Bonchev–Trinajstić information content (AvgIpc) is 2.33. The summed E-state index contributed by atoms with van der Waals surface area (Å²) in [7, 11) is -7.76. The standard InChI is InChI=1S/C8H5F13O3S.K/c9-3(10,1-2-4(11,12)13)5(14,15)6(16,17)7(18,19)8(20,21)25(22,23)24;/h1-2H2,(H,22,23,24);/q;+1/p-1. The SMILES string of the molecule is O=S(=O)([O-])C(F)(F)C(F)(F)C(F)(F)C(F)(F)C(F)(F)CCC(F)(F)F.[K+]. The third kappa shape index (κ3) is 4.97. The summed E-state index contributed by atoms with van der Waals surface area (Å²) in [6.45, 7) is 0. The van der Waals surface area contributed by atoms with Gasteiger partial charge < -0.3 is 4.55 Å². The molecule has 0 rings (SSSR count). The summed E-state index contributed by atoms with van der Waals surface area (Å²) < 4.78 is 193. The van der Waals surface area contributed by atoms with E-state index in [0.717, 1.165) is 0 Å². The molecule has 0 saturated heterocycles. The first kappa shape index (κ1) is 28.8. The van der Waals surface area contributed by atoms with Gasteiger partial charge in [0.05, 0.1) is 0 Å². The molecule has 0 aliphatic rings. The summed E-state index contributed by atoms with van der Waals surface area (Å²) in [5, 5.41) is -7.48. The summed E-state index contributed by atoms with van der Waals surface area (Å²) in [6, 6.07) is 0. The van der Waals surface area contributed by atoms with E-state index in [4.69, 9.17) is 0 Å². The van der Waals surface area contributed by atoms with Crippen molar-refractivity contribution in [1.29, 1.82) is 0 Å². The number of alkyl halides is 13. The molecule has 0 fully saturated rings. The van der Waals surface area contributed by atoms with Gasteiger partial charge in [0.15, 0.2) is 10.1 Å². The zero-order valence-electron chi connectivity index (χ0n) is 12.0. The van der Waals surface area contributed by atoms with E-state index in [1.165, 1.54) is 0 Å². The summed E-state index contributed by atoms with van der Waals surface area (Å²) in [4.78, 5) is 0. The molecule has 0 aromatic rings. The molecule has 0 bridgehead atoms. The van der Waals surface area contributed by atoms with Gasteiger partial charge in [-0.3, -0.25) is 0 Å². The van der Waals surface area contributed by atoms with Gasteiger partial charge in [0.25, 0.3) is 0 Å². The van der Waals surface area contributed by atoms with Crippen LogP contribution in [0.2, 0.25) is 0 Å². The van der Waals surface area contributed by atoms with Crippen molar-refractivity contribution in [2.45, 2.75) is 48.0 Å². The van der Waals surface area contributed by atoms with E-state index in [1.807, 2.05) is 0 Å². The fraction of sp³-hybridized carbons (Fsp3) is 1.00. The normalized spacial score (nSPS) is 15.6. The van der Waals surface area contributed by atoms with Crippen molar-refractivity contribution in [3.63, 3.8) is 0 Å². The zero-order valence-corrected chi connectivity index (χ0v) is 15.9. The van der Waals surface area contributed by atoms with Crippen LogP contribution < -0.4 is 51.4 Å². The fourth-order valence-electron chi connectivity index (χ4n) is 1.22. The quantitative estimate of drug-likeness (QED) is 0.320. The van der Waals surface area contributed by atoms with Crippen molar-refractivity contribution in [3.8, 4) is 0 Å². The van der Waals surface area contributed by atoms with Crippen LogP contribution in [0.4, 0.5) is 57.1 Å². The molecule has 0 N–H and O–H groups in total. The predicted molar refractivity (Wildman–Crippen MR) is 49.7 cm³/mol. The molecule has 0 saturated carbocycles. The van der Waals surface area contributed by atoms with E-state index in [1.54, 1.807) is 0 Å². The Balaban J connectivity index is 0. The van der Waals surface area contributed by atoms with Gasteiger partial charge >= 0.3 is 86.5 Å². The second-order valence-electron chi connectivity index (χ2n) is 4.51. The van der Waals surface area contributed by atoms with Crippen LogP contribution in [0.15, 0.2) is 0 Å². The molecule has 0 unspecified atom stereocenters. The maximum Gasteiger partial charge on any atom is 1.00 e. The number of hydrogen-bond donors (Lipinski definition) is 0. The molecule has 0 radical (unpaired) electrons. The van der Waals surface area contributed by atoms with Gasteiger partial charge in [-0.15, -0.1) is 0 Å². The molecule has 18 heteroatoms. The van der Waals surface area contributed by atoms with E-state index in [2.05, 4.69) is 0 Å². The first-order chi connectivity index (χ1) is 10.5. The Kier molecular flexibility index (Phi) is 8.66. The molecule has 0 aromatic heterocycles. The summed E-state index contributed by atoms with van der Waals surface area (Å²) >= 11 is 0. The molecule has 0 atom stereocenters. The zero-order chi connectivity index (χ0) is 20.9. The van der Waals surface area contributed by atoms with Gasteiger partial charge in [-0.25, -0.2) is 8.42 Å². The molecule has 0 aliphatic carbocycles. The van der Waals surface area contributed by atoms with Gasteiger partial charge in [-0.2, -0.15) is 57.1 Å². The van der Waals surface area contributed by atoms with Crippen LogP contribution >= 0.6 is 0 Å². The Morgan fingerprint density at radius 3 is 1.23 bits per heavy atom. The third-order valence-corrected chi connectivity index (χ3v) is 3.53. The minimum atomic E-state index is -7.92. The molecule has 0 heterocycles. The van der Waals surface area contributed by atoms with Crippen LogP contribution in [0.1, 0.15) is 12.8 Å². The van der Waals surface area contributed by atoms with Gasteiger partial charge in [-0.1, -0.05) is 0 Å². The van der Waals surface area contributed by atoms with Gasteiger partial charge in [0.2, 0.25) is 0 Å². The minimum absolute atomic E-state index is 0. The van der Waals surface area contributed by atoms with E-state index in [0.29, 0.717) is 0 Å². The molecule has 152 valence electrons. The van der Waals surface area contributed by atoms with Crippen molar-refractivity contribution in [1.82, 2.24) is 0 Å². The van der Waals surface area contributed by atoms with Crippen LogP contribution in [0.5, 0.6) is 0 Å². The minimum Gasteiger partial charge on any atom is -0.743 e. The second-order valence-corrected chi connectivity index (χ2v) is 5.93. The Morgan fingerprint density at radius 2 is 0.962 bits per heavy atom. The van der Waals surface area contributed by atoms with Crippen molar-refractivity contribution in [3.05, 3.63) is 0 Å². The molecule has 0 aromatic carbocycles. The summed E-state index contributed by atoms with van der Waals surface area (Å²) in [6.07, 6.45) is -11.8. The molecule has 3 nitrogen and oxygen atoms in total. The van der Waals surface area contributed by atoms with Gasteiger partial charge in [0, 0.05) is 12.8 Å². The Morgan fingerprint density at radius 1 is 0.615 bits per heavy atom. The van der Waals surface area contributed by atoms with Crippen LogP contribution in [0.25, 0.3) is 0 Å². The van der Waals surface area contributed by atoms with E-state index in [9.17, 15) is 70.0 Å². The Labute approximate surface area is 178 Å². The fourth-order valence-corrected chi connectivity index (χ4v) is 1.66. The smallest absolute Gasteiger partial charge is 0.743 e. The molecule has 26 heavy (non-hydrogen) atoms. The Bertz CT molecular complexity index is 597.